The Morgan fingerprint density at radius 2 is 1.83 bits per heavy atom. The standard InChI is InChI=1S/C17H14F2N6.C3H8O2/c1-9(20)13-4-5-15(21)25(24-13)16(22)7-11-12(18)8-14-10(17(11)19)3-2-6-23-14;4-2-1-3-5/h2-6,8,20-22H,7H2,1H3;4-5H,1-3H2. The number of nitrogens with zero attached hydrogens (tertiary/aromatic N) is 3. The van der Waals surface area contributed by atoms with E-state index in [1.165, 1.54) is 31.3 Å². The lowest BCUT2D eigenvalue weighted by atomic mass is 10.1. The van der Waals surface area contributed by atoms with Crippen LogP contribution in [0.15, 0.2) is 36.5 Å². The van der Waals surface area contributed by atoms with Crippen molar-refractivity contribution in [1.29, 1.82) is 16.2 Å². The summed E-state index contributed by atoms with van der Waals surface area (Å²) in [7, 11) is 0. The van der Waals surface area contributed by atoms with Crippen LogP contribution >= 0.6 is 0 Å². The summed E-state index contributed by atoms with van der Waals surface area (Å²) >= 11 is 0. The van der Waals surface area contributed by atoms with Crippen LogP contribution in [0.3, 0.4) is 0 Å². The van der Waals surface area contributed by atoms with E-state index in [-0.39, 0.29) is 58.8 Å². The number of aromatic nitrogens is 3. The normalized spacial score (nSPS) is 10.4. The maximum absolute atomic E-state index is 14.6. The van der Waals surface area contributed by atoms with Gasteiger partial charge in [0.25, 0.3) is 0 Å². The molecule has 1 aromatic carbocycles. The van der Waals surface area contributed by atoms with Crippen molar-refractivity contribution in [2.24, 2.45) is 0 Å². The fourth-order valence-corrected chi connectivity index (χ4v) is 2.50. The minimum atomic E-state index is -0.806. The Morgan fingerprint density at radius 3 is 2.43 bits per heavy atom. The van der Waals surface area contributed by atoms with E-state index in [2.05, 4.69) is 10.1 Å². The SMILES string of the molecule is CC(=N)c1ccc(=N)n(C(=N)Cc2c(F)cc3ncccc3c2F)n1.OCCCO. The zero-order valence-corrected chi connectivity index (χ0v) is 16.3. The van der Waals surface area contributed by atoms with E-state index >= 15 is 0 Å². The van der Waals surface area contributed by atoms with Crippen LogP contribution < -0.4 is 5.49 Å². The maximum Gasteiger partial charge on any atom is 0.148 e. The summed E-state index contributed by atoms with van der Waals surface area (Å²) in [5.74, 6) is -1.85. The molecule has 0 radical (unpaired) electrons. The van der Waals surface area contributed by atoms with Gasteiger partial charge in [-0.05, 0) is 37.6 Å². The summed E-state index contributed by atoms with van der Waals surface area (Å²) in [5.41, 5.74) is 0.246. The van der Waals surface area contributed by atoms with E-state index in [9.17, 15) is 8.78 Å². The second-order valence-corrected chi connectivity index (χ2v) is 6.29. The summed E-state index contributed by atoms with van der Waals surface area (Å²) in [4.78, 5) is 3.92. The Hall–Kier alpha value is -3.37. The fraction of sp³-hybridized carbons (Fsp3) is 0.250. The minimum Gasteiger partial charge on any atom is -0.396 e. The van der Waals surface area contributed by atoms with Gasteiger partial charge in [0, 0.05) is 42.8 Å². The largest absolute Gasteiger partial charge is 0.396 e. The Balaban J connectivity index is 0.000000575. The molecule has 0 saturated carbocycles. The number of fused-ring (bicyclic) bond motifs is 1. The highest BCUT2D eigenvalue weighted by Crippen LogP contribution is 2.23. The highest BCUT2D eigenvalue weighted by Gasteiger charge is 2.17. The molecule has 0 bridgehead atoms. The van der Waals surface area contributed by atoms with Crippen LogP contribution in [-0.2, 0) is 6.42 Å². The molecule has 8 nitrogen and oxygen atoms in total. The zero-order valence-electron chi connectivity index (χ0n) is 16.3. The van der Waals surface area contributed by atoms with Crippen LogP contribution in [0.4, 0.5) is 8.78 Å². The van der Waals surface area contributed by atoms with Crippen LogP contribution in [0.5, 0.6) is 0 Å². The highest BCUT2D eigenvalue weighted by molar-refractivity contribution is 5.94. The Kier molecular flexibility index (Phi) is 7.96. The van der Waals surface area contributed by atoms with Gasteiger partial charge in [-0.1, -0.05) is 0 Å². The van der Waals surface area contributed by atoms with Crippen molar-refractivity contribution >= 4 is 22.5 Å². The van der Waals surface area contributed by atoms with E-state index in [0.29, 0.717) is 6.42 Å². The molecule has 0 saturated heterocycles. The monoisotopic (exact) mass is 416 g/mol. The molecule has 0 aliphatic carbocycles. The van der Waals surface area contributed by atoms with Gasteiger partial charge in [-0.2, -0.15) is 5.10 Å². The van der Waals surface area contributed by atoms with Gasteiger partial charge in [-0.15, -0.1) is 0 Å². The molecule has 158 valence electrons. The van der Waals surface area contributed by atoms with Gasteiger partial charge in [0.1, 0.15) is 28.7 Å². The number of aliphatic hydroxyl groups is 2. The molecule has 0 fully saturated rings. The molecule has 0 aliphatic heterocycles. The van der Waals surface area contributed by atoms with E-state index in [4.69, 9.17) is 26.4 Å². The molecule has 0 spiro atoms. The number of rotatable bonds is 5. The van der Waals surface area contributed by atoms with Crippen molar-refractivity contribution in [2.45, 2.75) is 19.8 Å². The number of hydrogen-bond donors (Lipinski definition) is 5. The number of pyridine rings is 1. The van der Waals surface area contributed by atoms with Crippen LogP contribution in [0.2, 0.25) is 0 Å². The van der Waals surface area contributed by atoms with Crippen molar-refractivity contribution in [3.8, 4) is 0 Å². The maximum atomic E-state index is 14.6. The summed E-state index contributed by atoms with van der Waals surface area (Å²) in [6.07, 6.45) is 1.56. The van der Waals surface area contributed by atoms with Gasteiger partial charge in [0.2, 0.25) is 0 Å². The fourth-order valence-electron chi connectivity index (χ4n) is 2.50. The van der Waals surface area contributed by atoms with E-state index in [0.717, 1.165) is 10.7 Å². The molecule has 3 rings (SSSR count). The lowest BCUT2D eigenvalue weighted by Crippen LogP contribution is -2.31. The molecule has 30 heavy (non-hydrogen) atoms. The summed E-state index contributed by atoms with van der Waals surface area (Å²) < 4.78 is 29.9. The lowest BCUT2D eigenvalue weighted by Gasteiger charge is -2.11. The van der Waals surface area contributed by atoms with Crippen LogP contribution in [0.1, 0.15) is 24.6 Å². The second kappa shape index (κ2) is 10.4. The number of aliphatic hydroxyl groups excluding tert-OH is 2. The molecule has 2 aromatic heterocycles. The predicted octanol–water partition coefficient (Wildman–Crippen LogP) is 2.01. The minimum absolute atomic E-state index is 0.0938. The number of nitrogens with one attached hydrogen (secondary N) is 3. The number of hydrogen-bond acceptors (Lipinski definition) is 7. The third kappa shape index (κ3) is 5.37. The molecule has 0 unspecified atom stereocenters. The Bertz CT molecular complexity index is 1130. The van der Waals surface area contributed by atoms with Crippen LogP contribution in [0.25, 0.3) is 10.9 Å². The zero-order chi connectivity index (χ0) is 22.3. The summed E-state index contributed by atoms with van der Waals surface area (Å²) in [6, 6.07) is 7.03. The first kappa shape index (κ1) is 22.9. The average molecular weight is 416 g/mol. The van der Waals surface area contributed by atoms with Gasteiger partial charge in [0.15, 0.2) is 0 Å². The molecule has 0 atom stereocenters. The van der Waals surface area contributed by atoms with Crippen molar-refractivity contribution < 1.29 is 19.0 Å². The number of halogens is 2. The smallest absolute Gasteiger partial charge is 0.148 e. The first-order chi connectivity index (χ1) is 14.3. The van der Waals surface area contributed by atoms with Crippen molar-refractivity contribution in [3.63, 3.8) is 0 Å². The Morgan fingerprint density at radius 1 is 1.13 bits per heavy atom. The molecular weight excluding hydrogens is 394 g/mol. The van der Waals surface area contributed by atoms with E-state index in [1.807, 2.05) is 0 Å². The molecule has 2 heterocycles. The topological polar surface area (TPSA) is 143 Å². The molecule has 10 heteroatoms. The van der Waals surface area contributed by atoms with Gasteiger partial charge >= 0.3 is 0 Å². The average Bonchev–Trinajstić information content (AvgIpc) is 2.72. The highest BCUT2D eigenvalue weighted by atomic mass is 19.1. The Labute approximate surface area is 171 Å². The quantitative estimate of drug-likeness (QED) is 0.320. The first-order valence-electron chi connectivity index (χ1n) is 9.01. The van der Waals surface area contributed by atoms with Crippen LogP contribution in [0, 0.1) is 27.9 Å². The molecular formula is C20H22F2N6O2. The molecule has 0 amide bonds. The molecule has 5 N–H and O–H groups in total. The predicted molar refractivity (Wildman–Crippen MR) is 108 cm³/mol. The van der Waals surface area contributed by atoms with Crippen LogP contribution in [-0.4, -0.2) is 49.7 Å². The van der Waals surface area contributed by atoms with E-state index in [1.54, 1.807) is 6.07 Å². The number of benzene rings is 1. The van der Waals surface area contributed by atoms with Crippen molar-refractivity contribution in [2.75, 3.05) is 13.2 Å². The third-order valence-corrected chi connectivity index (χ3v) is 4.03. The van der Waals surface area contributed by atoms with Gasteiger partial charge < -0.3 is 15.6 Å². The first-order valence-corrected chi connectivity index (χ1v) is 9.01. The van der Waals surface area contributed by atoms with Gasteiger partial charge in [0.05, 0.1) is 11.2 Å². The molecule has 0 aliphatic rings. The second-order valence-electron chi connectivity index (χ2n) is 6.29. The molecule has 3 aromatic rings. The van der Waals surface area contributed by atoms with Gasteiger partial charge in [-0.25, -0.2) is 13.5 Å². The van der Waals surface area contributed by atoms with Crippen molar-refractivity contribution in [3.05, 3.63) is 64.9 Å². The summed E-state index contributed by atoms with van der Waals surface area (Å²) in [5, 5.41) is 43.5. The van der Waals surface area contributed by atoms with E-state index < -0.39 is 11.6 Å². The lowest BCUT2D eigenvalue weighted by molar-refractivity contribution is 0.221. The van der Waals surface area contributed by atoms with Gasteiger partial charge in [-0.3, -0.25) is 15.8 Å². The van der Waals surface area contributed by atoms with Crippen molar-refractivity contribution in [1.82, 2.24) is 14.8 Å². The summed E-state index contributed by atoms with van der Waals surface area (Å²) in [6.45, 7) is 1.71. The third-order valence-electron chi connectivity index (χ3n) is 4.03.